The number of rotatable bonds is 7. The minimum Gasteiger partial charge on any atom is -0.491 e. The second kappa shape index (κ2) is 8.90. The van der Waals surface area contributed by atoms with Crippen molar-refractivity contribution < 1.29 is 19.4 Å². The number of fused-ring (bicyclic) bond motifs is 1. The minimum absolute atomic E-state index is 0.0123. The highest BCUT2D eigenvalue weighted by molar-refractivity contribution is 5.91. The average Bonchev–Trinajstić information content (AvgIpc) is 3.15. The fourth-order valence-corrected chi connectivity index (χ4v) is 3.15. The van der Waals surface area contributed by atoms with Gasteiger partial charge >= 0.3 is 17.7 Å². The molecule has 4 rings (SSSR count). The first-order chi connectivity index (χ1) is 15.4. The molecule has 0 aliphatic heterocycles. The molecule has 10 nitrogen and oxygen atoms in total. The number of aliphatic hydroxyl groups is 1. The summed E-state index contributed by atoms with van der Waals surface area (Å²) in [6.07, 6.45) is -1.07. The zero-order valence-corrected chi connectivity index (χ0v) is 17.1. The first-order valence-electron chi connectivity index (χ1n) is 9.76. The van der Waals surface area contributed by atoms with Crippen LogP contribution in [0.4, 0.5) is 0 Å². The van der Waals surface area contributed by atoms with Crippen molar-refractivity contribution >= 4 is 17.1 Å². The number of ether oxygens (including phenoxy) is 2. The van der Waals surface area contributed by atoms with Crippen LogP contribution in [0.1, 0.15) is 10.4 Å². The predicted molar refractivity (Wildman–Crippen MR) is 115 cm³/mol. The number of aromatic nitrogens is 4. The summed E-state index contributed by atoms with van der Waals surface area (Å²) in [5.74, 6) is -0.128. The highest BCUT2D eigenvalue weighted by atomic mass is 16.6. The van der Waals surface area contributed by atoms with Gasteiger partial charge in [0.15, 0.2) is 11.2 Å². The normalized spacial score (nSPS) is 11.9. The van der Waals surface area contributed by atoms with Gasteiger partial charge in [-0.1, -0.05) is 36.4 Å². The zero-order chi connectivity index (χ0) is 22.7. The summed E-state index contributed by atoms with van der Waals surface area (Å²) in [5.41, 5.74) is -1.09. The van der Waals surface area contributed by atoms with Gasteiger partial charge in [0.05, 0.1) is 12.1 Å². The quantitative estimate of drug-likeness (QED) is 0.415. The van der Waals surface area contributed by atoms with Gasteiger partial charge in [-0.25, -0.2) is 9.59 Å². The molecular formula is C22H20N4O6. The smallest absolute Gasteiger partial charge is 0.345 e. The Balaban J connectivity index is 1.67. The van der Waals surface area contributed by atoms with Crippen LogP contribution in [0.5, 0.6) is 11.8 Å². The van der Waals surface area contributed by atoms with Crippen molar-refractivity contribution in [3.8, 4) is 11.8 Å². The number of imidazole rings is 1. The van der Waals surface area contributed by atoms with E-state index in [0.717, 1.165) is 4.57 Å². The lowest BCUT2D eigenvalue weighted by atomic mass is 10.2. The van der Waals surface area contributed by atoms with Gasteiger partial charge in [0.1, 0.15) is 18.5 Å². The number of aryl methyl sites for hydroxylation is 1. The lowest BCUT2D eigenvalue weighted by molar-refractivity contribution is 0.0684. The van der Waals surface area contributed by atoms with E-state index < -0.39 is 23.3 Å². The Labute approximate surface area is 181 Å². The second-order valence-electron chi connectivity index (χ2n) is 7.03. The molecule has 2 aromatic heterocycles. The van der Waals surface area contributed by atoms with Crippen molar-refractivity contribution in [2.75, 3.05) is 6.61 Å². The van der Waals surface area contributed by atoms with Crippen molar-refractivity contribution in [2.24, 2.45) is 7.05 Å². The molecule has 2 heterocycles. The number of hydrogen-bond acceptors (Lipinski definition) is 7. The first kappa shape index (κ1) is 21.1. The third-order valence-corrected chi connectivity index (χ3v) is 4.74. The van der Waals surface area contributed by atoms with Crippen molar-refractivity contribution in [3.63, 3.8) is 0 Å². The van der Waals surface area contributed by atoms with Gasteiger partial charge < -0.3 is 14.6 Å². The lowest BCUT2D eigenvalue weighted by Crippen LogP contribution is -2.30. The Morgan fingerprint density at radius 2 is 1.75 bits per heavy atom. The average molecular weight is 436 g/mol. The van der Waals surface area contributed by atoms with E-state index in [0.29, 0.717) is 5.75 Å². The highest BCUT2D eigenvalue weighted by Crippen LogP contribution is 2.20. The molecule has 0 saturated heterocycles. The molecule has 0 radical (unpaired) electrons. The predicted octanol–water partition coefficient (Wildman–Crippen LogP) is 1.08. The molecular weight excluding hydrogens is 416 g/mol. The molecule has 4 aromatic rings. The second-order valence-corrected chi connectivity index (χ2v) is 7.03. The van der Waals surface area contributed by atoms with E-state index in [1.807, 2.05) is 6.07 Å². The van der Waals surface area contributed by atoms with Crippen LogP contribution in [0.3, 0.4) is 0 Å². The van der Waals surface area contributed by atoms with Gasteiger partial charge in [-0.05, 0) is 24.3 Å². The Morgan fingerprint density at radius 3 is 2.44 bits per heavy atom. The van der Waals surface area contributed by atoms with Crippen LogP contribution in [0, 0.1) is 0 Å². The minimum atomic E-state index is -1.07. The fourth-order valence-electron chi connectivity index (χ4n) is 3.15. The number of nitrogens with one attached hydrogen (secondary N) is 1. The molecule has 0 bridgehead atoms. The third-order valence-electron chi connectivity index (χ3n) is 4.74. The third kappa shape index (κ3) is 4.30. The molecule has 10 heteroatoms. The maximum absolute atomic E-state index is 12.6. The van der Waals surface area contributed by atoms with Crippen LogP contribution in [0.25, 0.3) is 11.2 Å². The van der Waals surface area contributed by atoms with Crippen LogP contribution in [-0.4, -0.2) is 42.9 Å². The standard InChI is InChI=1S/C22H20N4O6/c1-25-18-17(19(28)24-21(25)30)26(12-15(27)13-31-16-10-6-3-7-11-16)22(23-18)32-20(29)14-8-4-2-5-9-14/h2-11,15,27H,12-13H2,1H3,(H,24,28,30)/t15-/m0/s1. The summed E-state index contributed by atoms with van der Waals surface area (Å²) < 4.78 is 13.4. The molecule has 2 aromatic carbocycles. The van der Waals surface area contributed by atoms with Crippen molar-refractivity contribution in [1.82, 2.24) is 19.1 Å². The number of nitrogens with zero attached hydrogens (tertiary/aromatic N) is 3. The van der Waals surface area contributed by atoms with Crippen LogP contribution >= 0.6 is 0 Å². The van der Waals surface area contributed by atoms with E-state index in [1.54, 1.807) is 54.6 Å². The number of carbonyl (C=O) groups is 1. The number of carbonyl (C=O) groups excluding carboxylic acids is 1. The number of hydrogen-bond donors (Lipinski definition) is 2. The molecule has 0 saturated carbocycles. The molecule has 0 unspecified atom stereocenters. The largest absolute Gasteiger partial charge is 0.491 e. The molecule has 0 aliphatic carbocycles. The lowest BCUT2D eigenvalue weighted by Gasteiger charge is -2.15. The van der Waals surface area contributed by atoms with E-state index in [9.17, 15) is 19.5 Å². The van der Waals surface area contributed by atoms with E-state index in [-0.39, 0.29) is 35.9 Å². The molecule has 0 spiro atoms. The SMILES string of the molecule is Cn1c(=O)[nH]c(=O)c2c1nc(OC(=O)c1ccccc1)n2C[C@H](O)COc1ccccc1. The first-order valence-corrected chi connectivity index (χ1v) is 9.76. The zero-order valence-electron chi connectivity index (χ0n) is 17.1. The topological polar surface area (TPSA) is 128 Å². The summed E-state index contributed by atoms with van der Waals surface area (Å²) in [5, 5.41) is 10.5. The molecule has 32 heavy (non-hydrogen) atoms. The van der Waals surface area contributed by atoms with Gasteiger partial charge in [0.2, 0.25) is 0 Å². The number of para-hydroxylation sites is 1. The summed E-state index contributed by atoms with van der Waals surface area (Å²) >= 11 is 0. The van der Waals surface area contributed by atoms with Crippen LogP contribution in [-0.2, 0) is 13.6 Å². The Bertz CT molecular complexity index is 1360. The molecule has 0 amide bonds. The summed E-state index contributed by atoms with van der Waals surface area (Å²) in [6.45, 7) is -0.249. The Morgan fingerprint density at radius 1 is 1.09 bits per heavy atom. The Kier molecular flexibility index (Phi) is 5.86. The molecule has 0 aliphatic rings. The fraction of sp³-hybridized carbons (Fsp3) is 0.182. The van der Waals surface area contributed by atoms with Crippen LogP contribution < -0.4 is 20.7 Å². The van der Waals surface area contributed by atoms with E-state index in [2.05, 4.69) is 9.97 Å². The summed E-state index contributed by atoms with van der Waals surface area (Å²) in [7, 11) is 1.43. The molecule has 1 atom stereocenters. The number of aromatic amines is 1. The number of esters is 1. The molecule has 2 N–H and O–H groups in total. The van der Waals surface area contributed by atoms with E-state index >= 15 is 0 Å². The van der Waals surface area contributed by atoms with E-state index in [4.69, 9.17) is 9.47 Å². The Hall–Kier alpha value is -4.18. The summed E-state index contributed by atoms with van der Waals surface area (Å²) in [4.78, 5) is 43.4. The van der Waals surface area contributed by atoms with Gasteiger partial charge in [0, 0.05) is 7.05 Å². The molecule has 0 fully saturated rings. The summed E-state index contributed by atoms with van der Waals surface area (Å²) in [6, 6.07) is 16.9. The van der Waals surface area contributed by atoms with Gasteiger partial charge in [0.25, 0.3) is 5.56 Å². The molecule has 164 valence electrons. The van der Waals surface area contributed by atoms with Gasteiger partial charge in [-0.3, -0.25) is 18.9 Å². The number of benzene rings is 2. The van der Waals surface area contributed by atoms with Crippen molar-refractivity contribution in [1.29, 1.82) is 0 Å². The van der Waals surface area contributed by atoms with Crippen LogP contribution in [0.15, 0.2) is 70.3 Å². The van der Waals surface area contributed by atoms with Crippen LogP contribution in [0.2, 0.25) is 0 Å². The van der Waals surface area contributed by atoms with Crippen molar-refractivity contribution in [3.05, 3.63) is 87.1 Å². The number of H-pyrrole nitrogens is 1. The van der Waals surface area contributed by atoms with E-state index in [1.165, 1.54) is 11.6 Å². The van der Waals surface area contributed by atoms with Gasteiger partial charge in [-0.15, -0.1) is 0 Å². The van der Waals surface area contributed by atoms with Crippen molar-refractivity contribution in [2.45, 2.75) is 12.6 Å². The maximum atomic E-state index is 12.6. The monoisotopic (exact) mass is 436 g/mol. The highest BCUT2D eigenvalue weighted by Gasteiger charge is 2.23. The van der Waals surface area contributed by atoms with Gasteiger partial charge in [-0.2, -0.15) is 4.98 Å². The number of aliphatic hydroxyl groups excluding tert-OH is 1. The maximum Gasteiger partial charge on any atom is 0.345 e.